The maximum absolute atomic E-state index is 11.8. The molecule has 2 amide bonds. The number of anilines is 1. The van der Waals surface area contributed by atoms with E-state index in [1.54, 1.807) is 0 Å². The fourth-order valence-electron chi connectivity index (χ4n) is 1.16. The van der Waals surface area contributed by atoms with Gasteiger partial charge in [-0.25, -0.2) is 17.9 Å². The van der Waals surface area contributed by atoms with Crippen LogP contribution < -0.4 is 15.8 Å². The van der Waals surface area contributed by atoms with Gasteiger partial charge in [-0.2, -0.15) is 0 Å². The van der Waals surface area contributed by atoms with Gasteiger partial charge < -0.3 is 16.2 Å². The third-order valence-corrected chi connectivity index (χ3v) is 3.40. The van der Waals surface area contributed by atoms with Crippen LogP contribution in [-0.4, -0.2) is 26.1 Å². The fraction of sp³-hybridized carbons (Fsp3) is 0.300. The van der Waals surface area contributed by atoms with Gasteiger partial charge >= 0.3 is 6.03 Å². The predicted octanol–water partition coefficient (Wildman–Crippen LogP) is 0.372. The number of nitrogens with two attached hydrogens (primary N) is 1. The van der Waals surface area contributed by atoms with Gasteiger partial charge in [-0.1, -0.05) is 6.92 Å². The van der Waals surface area contributed by atoms with E-state index < -0.39 is 16.1 Å². The molecular weight excluding hydrogens is 258 g/mol. The second kappa shape index (κ2) is 5.58. The van der Waals surface area contributed by atoms with Crippen LogP contribution in [0.2, 0.25) is 0 Å². The van der Waals surface area contributed by atoms with Crippen LogP contribution in [0.15, 0.2) is 23.1 Å². The average molecular weight is 273 g/mol. The van der Waals surface area contributed by atoms with Crippen molar-refractivity contribution in [2.45, 2.75) is 18.2 Å². The number of hydrogen-bond acceptors (Lipinski definition) is 5. The number of rotatable bonds is 4. The van der Waals surface area contributed by atoms with E-state index in [-0.39, 0.29) is 16.3 Å². The Labute approximate surface area is 105 Å². The third kappa shape index (κ3) is 3.52. The van der Waals surface area contributed by atoms with E-state index in [4.69, 9.17) is 5.73 Å². The molecule has 8 heteroatoms. The molecule has 0 bridgehead atoms. The number of amides is 2. The van der Waals surface area contributed by atoms with E-state index in [0.717, 1.165) is 18.2 Å². The Kier molecular flexibility index (Phi) is 4.38. The molecule has 0 saturated heterocycles. The maximum atomic E-state index is 11.8. The first-order valence-electron chi connectivity index (χ1n) is 5.26. The zero-order valence-corrected chi connectivity index (χ0v) is 10.6. The number of aromatic hydroxyl groups is 1. The molecular formula is C10H15N3O4S. The Morgan fingerprint density at radius 2 is 2.11 bits per heavy atom. The molecule has 0 unspecified atom stereocenters. The molecule has 1 rings (SSSR count). The number of nitrogens with one attached hydrogen (secondary N) is 2. The molecule has 7 nitrogen and oxygen atoms in total. The second-order valence-electron chi connectivity index (χ2n) is 3.58. The van der Waals surface area contributed by atoms with Crippen molar-refractivity contribution in [3.05, 3.63) is 18.2 Å². The number of sulfonamides is 1. The quantitative estimate of drug-likeness (QED) is 0.466. The number of carbonyl (C=O) groups excluding carboxylic acids is 1. The van der Waals surface area contributed by atoms with E-state index >= 15 is 0 Å². The van der Waals surface area contributed by atoms with Gasteiger partial charge in [-0.05, 0) is 24.6 Å². The lowest BCUT2D eigenvalue weighted by Crippen LogP contribution is -2.39. The molecule has 0 atom stereocenters. The molecule has 5 N–H and O–H groups in total. The lowest BCUT2D eigenvalue weighted by atomic mass is 10.3. The Balaban J connectivity index is 2.86. The molecule has 0 aliphatic rings. The van der Waals surface area contributed by atoms with Gasteiger partial charge in [0.15, 0.2) is 0 Å². The minimum Gasteiger partial charge on any atom is -0.506 e. The summed E-state index contributed by atoms with van der Waals surface area (Å²) in [5.41, 5.74) is 5.31. The first-order chi connectivity index (χ1) is 8.36. The number of urea groups is 1. The van der Waals surface area contributed by atoms with Gasteiger partial charge in [0.1, 0.15) is 5.75 Å². The zero-order chi connectivity index (χ0) is 13.8. The van der Waals surface area contributed by atoms with E-state index in [2.05, 4.69) is 5.32 Å². The highest BCUT2D eigenvalue weighted by Gasteiger charge is 2.18. The Bertz CT molecular complexity index is 542. The molecule has 0 radical (unpaired) electrons. The van der Waals surface area contributed by atoms with Crippen molar-refractivity contribution in [3.8, 4) is 5.75 Å². The normalized spacial score (nSPS) is 10.9. The number of nitrogen functional groups attached to an aromatic ring is 1. The lowest BCUT2D eigenvalue weighted by Gasteiger charge is -2.08. The summed E-state index contributed by atoms with van der Waals surface area (Å²) in [7, 11) is -3.98. The van der Waals surface area contributed by atoms with Crippen LogP contribution >= 0.6 is 0 Å². The number of phenols is 1. The summed E-state index contributed by atoms with van der Waals surface area (Å²) in [6, 6.07) is 2.57. The topological polar surface area (TPSA) is 122 Å². The summed E-state index contributed by atoms with van der Waals surface area (Å²) in [4.78, 5) is 11.1. The fourth-order valence-corrected chi connectivity index (χ4v) is 2.12. The molecule has 0 aromatic heterocycles. The van der Waals surface area contributed by atoms with Crippen LogP contribution in [0.3, 0.4) is 0 Å². The highest BCUT2D eigenvalue weighted by molar-refractivity contribution is 7.90. The summed E-state index contributed by atoms with van der Waals surface area (Å²) in [5, 5.41) is 11.6. The molecule has 0 saturated carbocycles. The highest BCUT2D eigenvalue weighted by atomic mass is 32.2. The summed E-state index contributed by atoms with van der Waals surface area (Å²) in [6.07, 6.45) is 0.694. The highest BCUT2D eigenvalue weighted by Crippen LogP contribution is 2.22. The molecule has 0 heterocycles. The predicted molar refractivity (Wildman–Crippen MR) is 66.5 cm³/mol. The molecule has 0 aliphatic heterocycles. The molecule has 0 spiro atoms. The van der Waals surface area contributed by atoms with Gasteiger partial charge in [0, 0.05) is 6.54 Å². The van der Waals surface area contributed by atoms with E-state index in [1.165, 1.54) is 0 Å². The van der Waals surface area contributed by atoms with Gasteiger partial charge in [0.2, 0.25) is 0 Å². The first kappa shape index (κ1) is 14.1. The van der Waals surface area contributed by atoms with Crippen LogP contribution in [0, 0.1) is 0 Å². The SMILES string of the molecule is CCCNC(=O)NS(=O)(=O)c1ccc(O)c(N)c1. The molecule has 0 fully saturated rings. The van der Waals surface area contributed by atoms with Crippen molar-refractivity contribution in [2.75, 3.05) is 12.3 Å². The van der Waals surface area contributed by atoms with Gasteiger partial charge in [0.25, 0.3) is 10.0 Å². The summed E-state index contributed by atoms with van der Waals surface area (Å²) in [6.45, 7) is 2.22. The zero-order valence-electron chi connectivity index (χ0n) is 9.80. The molecule has 0 aliphatic carbocycles. The maximum Gasteiger partial charge on any atom is 0.328 e. The van der Waals surface area contributed by atoms with Crippen molar-refractivity contribution < 1.29 is 18.3 Å². The molecule has 1 aromatic rings. The first-order valence-corrected chi connectivity index (χ1v) is 6.74. The number of benzene rings is 1. The molecule has 1 aromatic carbocycles. The van der Waals surface area contributed by atoms with Crippen LogP contribution in [-0.2, 0) is 10.0 Å². The summed E-state index contributed by atoms with van der Waals surface area (Å²) >= 11 is 0. The monoisotopic (exact) mass is 273 g/mol. The minimum absolute atomic E-state index is 0.0770. The number of hydrogen-bond donors (Lipinski definition) is 4. The Morgan fingerprint density at radius 3 is 2.67 bits per heavy atom. The largest absolute Gasteiger partial charge is 0.506 e. The molecule has 18 heavy (non-hydrogen) atoms. The lowest BCUT2D eigenvalue weighted by molar-refractivity contribution is 0.246. The Morgan fingerprint density at radius 1 is 1.44 bits per heavy atom. The Hall–Kier alpha value is -1.96. The van der Waals surface area contributed by atoms with Crippen LogP contribution in [0.4, 0.5) is 10.5 Å². The van der Waals surface area contributed by atoms with Crippen molar-refractivity contribution >= 4 is 21.7 Å². The van der Waals surface area contributed by atoms with Crippen molar-refractivity contribution in [1.29, 1.82) is 0 Å². The smallest absolute Gasteiger partial charge is 0.328 e. The van der Waals surface area contributed by atoms with Crippen LogP contribution in [0.5, 0.6) is 5.75 Å². The minimum atomic E-state index is -3.98. The van der Waals surface area contributed by atoms with Crippen molar-refractivity contribution in [2.24, 2.45) is 0 Å². The van der Waals surface area contributed by atoms with Gasteiger partial charge in [-0.3, -0.25) is 0 Å². The van der Waals surface area contributed by atoms with Gasteiger partial charge in [0.05, 0.1) is 10.6 Å². The van der Waals surface area contributed by atoms with Gasteiger partial charge in [-0.15, -0.1) is 0 Å². The number of carbonyl (C=O) groups is 1. The van der Waals surface area contributed by atoms with E-state index in [1.807, 2.05) is 11.6 Å². The van der Waals surface area contributed by atoms with Crippen LogP contribution in [0.25, 0.3) is 0 Å². The van der Waals surface area contributed by atoms with Crippen molar-refractivity contribution in [1.82, 2.24) is 10.0 Å². The third-order valence-electron chi connectivity index (χ3n) is 2.07. The van der Waals surface area contributed by atoms with Crippen LogP contribution in [0.1, 0.15) is 13.3 Å². The van der Waals surface area contributed by atoms with E-state index in [0.29, 0.717) is 13.0 Å². The standard InChI is InChI=1S/C10H15N3O4S/c1-2-5-12-10(15)13-18(16,17)7-3-4-9(14)8(11)6-7/h3-4,6,14H,2,5,11H2,1H3,(H2,12,13,15). The summed E-state index contributed by atoms with van der Waals surface area (Å²) < 4.78 is 25.4. The number of phenolic OH excluding ortho intramolecular Hbond substituents is 1. The van der Waals surface area contributed by atoms with Crippen molar-refractivity contribution in [3.63, 3.8) is 0 Å². The second-order valence-corrected chi connectivity index (χ2v) is 5.26. The molecule has 100 valence electrons. The van der Waals surface area contributed by atoms with E-state index in [9.17, 15) is 18.3 Å². The summed E-state index contributed by atoms with van der Waals surface area (Å²) in [5.74, 6) is -0.218. The average Bonchev–Trinajstić information content (AvgIpc) is 2.29.